The van der Waals surface area contributed by atoms with E-state index in [2.05, 4.69) is 9.88 Å². The molecule has 0 spiro atoms. The number of nitrogens with zero attached hydrogens (tertiary/aromatic N) is 5. The van der Waals surface area contributed by atoms with Gasteiger partial charge in [-0.05, 0) is 44.5 Å². The summed E-state index contributed by atoms with van der Waals surface area (Å²) < 4.78 is 0. The van der Waals surface area contributed by atoms with Gasteiger partial charge in [0.05, 0.1) is 6.04 Å². The summed E-state index contributed by atoms with van der Waals surface area (Å²) in [4.78, 5) is 37.4. The first-order chi connectivity index (χ1) is 13.1. The highest BCUT2D eigenvalue weighted by atomic mass is 16.2. The smallest absolute Gasteiger partial charge is 0.319 e. The molecule has 7 nitrogen and oxygen atoms in total. The third-order valence-electron chi connectivity index (χ3n) is 5.55. The van der Waals surface area contributed by atoms with Crippen LogP contribution in [-0.2, 0) is 0 Å². The van der Waals surface area contributed by atoms with Gasteiger partial charge in [-0.3, -0.25) is 9.78 Å². The molecule has 1 unspecified atom stereocenters. The Labute approximate surface area is 161 Å². The minimum Gasteiger partial charge on any atom is -0.337 e. The number of urea groups is 1. The first-order valence-electron chi connectivity index (χ1n) is 9.96. The van der Waals surface area contributed by atoms with Gasteiger partial charge in [0.25, 0.3) is 5.91 Å². The Bertz CT molecular complexity index is 631. The average molecular weight is 374 g/mol. The Hall–Kier alpha value is -2.15. The highest BCUT2D eigenvalue weighted by Gasteiger charge is 2.34. The Morgan fingerprint density at radius 3 is 2.48 bits per heavy atom. The van der Waals surface area contributed by atoms with Gasteiger partial charge in [-0.2, -0.15) is 0 Å². The van der Waals surface area contributed by atoms with Crippen LogP contribution in [0.2, 0.25) is 0 Å². The number of amides is 3. The van der Waals surface area contributed by atoms with Crippen LogP contribution in [0.1, 0.15) is 36.0 Å². The normalized spacial score (nSPS) is 20.5. The van der Waals surface area contributed by atoms with E-state index >= 15 is 0 Å². The standard InChI is InChI=1S/C20H31N5O2/c1-22(2)20(27)25(15-14-23-11-4-3-5-12-23)18-8-13-24(16-18)19(26)17-6-9-21-10-7-17/h6-7,9-10,18H,3-5,8,11-16H2,1-2H3. The molecule has 2 saturated heterocycles. The van der Waals surface area contributed by atoms with E-state index in [1.54, 1.807) is 43.5 Å². The van der Waals surface area contributed by atoms with E-state index in [0.29, 0.717) is 18.7 Å². The van der Waals surface area contributed by atoms with Gasteiger partial charge in [0.15, 0.2) is 0 Å². The number of piperidine rings is 1. The van der Waals surface area contributed by atoms with E-state index in [1.165, 1.54) is 19.3 Å². The van der Waals surface area contributed by atoms with Crippen LogP contribution in [0.5, 0.6) is 0 Å². The molecule has 3 heterocycles. The minimum absolute atomic E-state index is 0.0215. The summed E-state index contributed by atoms with van der Waals surface area (Å²) in [6, 6.07) is 3.61. The second kappa shape index (κ2) is 9.17. The molecule has 0 aromatic carbocycles. The van der Waals surface area contributed by atoms with Crippen molar-refractivity contribution < 1.29 is 9.59 Å². The van der Waals surface area contributed by atoms with Crippen molar-refractivity contribution in [2.45, 2.75) is 31.7 Å². The predicted molar refractivity (Wildman–Crippen MR) is 105 cm³/mol. The zero-order chi connectivity index (χ0) is 19.2. The fourth-order valence-electron chi connectivity index (χ4n) is 3.98. The van der Waals surface area contributed by atoms with Crippen molar-refractivity contribution >= 4 is 11.9 Å². The second-order valence-corrected chi connectivity index (χ2v) is 7.70. The first-order valence-corrected chi connectivity index (χ1v) is 9.96. The van der Waals surface area contributed by atoms with Gasteiger partial charge >= 0.3 is 6.03 Å². The summed E-state index contributed by atoms with van der Waals surface area (Å²) in [7, 11) is 3.59. The predicted octanol–water partition coefficient (Wildman–Crippen LogP) is 1.77. The fourth-order valence-corrected chi connectivity index (χ4v) is 3.98. The molecule has 0 saturated carbocycles. The zero-order valence-electron chi connectivity index (χ0n) is 16.5. The number of likely N-dealkylation sites (tertiary alicyclic amines) is 2. The van der Waals surface area contributed by atoms with E-state index < -0.39 is 0 Å². The lowest BCUT2D eigenvalue weighted by Crippen LogP contribution is -2.50. The summed E-state index contributed by atoms with van der Waals surface area (Å²) in [6.45, 7) is 5.17. The topological polar surface area (TPSA) is 60.0 Å². The highest BCUT2D eigenvalue weighted by Crippen LogP contribution is 2.19. The van der Waals surface area contributed by atoms with Crippen LogP contribution in [0, 0.1) is 0 Å². The van der Waals surface area contributed by atoms with Crippen LogP contribution in [0.15, 0.2) is 24.5 Å². The zero-order valence-corrected chi connectivity index (χ0v) is 16.5. The molecule has 3 amide bonds. The lowest BCUT2D eigenvalue weighted by molar-refractivity contribution is 0.0773. The van der Waals surface area contributed by atoms with Gasteiger partial charge in [-0.25, -0.2) is 4.79 Å². The van der Waals surface area contributed by atoms with Crippen LogP contribution in [0.3, 0.4) is 0 Å². The number of hydrogen-bond acceptors (Lipinski definition) is 4. The van der Waals surface area contributed by atoms with E-state index in [9.17, 15) is 9.59 Å². The number of rotatable bonds is 5. The Morgan fingerprint density at radius 2 is 1.81 bits per heavy atom. The molecule has 0 aliphatic carbocycles. The van der Waals surface area contributed by atoms with Crippen LogP contribution < -0.4 is 0 Å². The van der Waals surface area contributed by atoms with Crippen molar-refractivity contribution in [3.63, 3.8) is 0 Å². The lowest BCUT2D eigenvalue weighted by atomic mass is 10.1. The first kappa shape index (κ1) is 19.6. The number of carbonyl (C=O) groups excluding carboxylic acids is 2. The highest BCUT2D eigenvalue weighted by molar-refractivity contribution is 5.94. The Morgan fingerprint density at radius 1 is 1.11 bits per heavy atom. The van der Waals surface area contributed by atoms with Gasteiger partial charge in [-0.15, -0.1) is 0 Å². The molecule has 2 aliphatic rings. The van der Waals surface area contributed by atoms with Gasteiger partial charge in [0.2, 0.25) is 0 Å². The quantitative estimate of drug-likeness (QED) is 0.789. The molecule has 0 N–H and O–H groups in total. The summed E-state index contributed by atoms with van der Waals surface area (Å²) in [6.07, 6.45) is 7.92. The summed E-state index contributed by atoms with van der Waals surface area (Å²) in [5.41, 5.74) is 0.657. The average Bonchev–Trinajstić information content (AvgIpc) is 3.18. The maximum absolute atomic E-state index is 12.8. The summed E-state index contributed by atoms with van der Waals surface area (Å²) >= 11 is 0. The molecule has 3 rings (SSSR count). The number of hydrogen-bond donors (Lipinski definition) is 0. The van der Waals surface area contributed by atoms with E-state index in [0.717, 1.165) is 32.6 Å². The Kier molecular flexibility index (Phi) is 6.66. The Balaban J connectivity index is 1.62. The van der Waals surface area contributed by atoms with Crippen LogP contribution in [-0.4, -0.2) is 95.9 Å². The van der Waals surface area contributed by atoms with Crippen molar-refractivity contribution in [2.24, 2.45) is 0 Å². The van der Waals surface area contributed by atoms with E-state index in [4.69, 9.17) is 0 Å². The maximum atomic E-state index is 12.8. The van der Waals surface area contributed by atoms with Gasteiger partial charge in [-0.1, -0.05) is 6.42 Å². The van der Waals surface area contributed by atoms with Crippen LogP contribution in [0.4, 0.5) is 4.79 Å². The van der Waals surface area contributed by atoms with Gasteiger partial charge < -0.3 is 19.6 Å². The molecular formula is C20H31N5O2. The van der Waals surface area contributed by atoms with Crippen molar-refractivity contribution in [1.29, 1.82) is 0 Å². The van der Waals surface area contributed by atoms with E-state index in [-0.39, 0.29) is 18.0 Å². The molecule has 1 aromatic heterocycles. The fraction of sp³-hybridized carbons (Fsp3) is 0.650. The molecular weight excluding hydrogens is 342 g/mol. The van der Waals surface area contributed by atoms with Crippen molar-refractivity contribution in [1.82, 2.24) is 24.6 Å². The van der Waals surface area contributed by atoms with Crippen LogP contribution >= 0.6 is 0 Å². The monoisotopic (exact) mass is 373 g/mol. The molecule has 2 aliphatic heterocycles. The lowest BCUT2D eigenvalue weighted by Gasteiger charge is -2.34. The van der Waals surface area contributed by atoms with Crippen molar-refractivity contribution in [3.05, 3.63) is 30.1 Å². The molecule has 2 fully saturated rings. The second-order valence-electron chi connectivity index (χ2n) is 7.70. The van der Waals surface area contributed by atoms with Crippen molar-refractivity contribution in [2.75, 3.05) is 53.4 Å². The minimum atomic E-state index is 0.0215. The van der Waals surface area contributed by atoms with E-state index in [1.807, 2.05) is 9.80 Å². The molecule has 27 heavy (non-hydrogen) atoms. The molecule has 1 aromatic rings. The molecule has 0 radical (unpaired) electrons. The van der Waals surface area contributed by atoms with Crippen LogP contribution in [0.25, 0.3) is 0 Å². The van der Waals surface area contributed by atoms with Gasteiger partial charge in [0, 0.05) is 58.2 Å². The van der Waals surface area contributed by atoms with Crippen molar-refractivity contribution in [3.8, 4) is 0 Å². The maximum Gasteiger partial charge on any atom is 0.319 e. The summed E-state index contributed by atoms with van der Waals surface area (Å²) in [5.74, 6) is 0.0215. The number of aromatic nitrogens is 1. The molecule has 1 atom stereocenters. The molecule has 0 bridgehead atoms. The third kappa shape index (κ3) is 4.97. The SMILES string of the molecule is CN(C)C(=O)N(CCN1CCCCC1)C1CCN(C(=O)c2ccncc2)C1. The molecule has 7 heteroatoms. The molecule has 148 valence electrons. The van der Waals surface area contributed by atoms with Gasteiger partial charge in [0.1, 0.15) is 0 Å². The largest absolute Gasteiger partial charge is 0.337 e. The third-order valence-corrected chi connectivity index (χ3v) is 5.55. The number of carbonyl (C=O) groups is 2. The number of pyridine rings is 1. The summed E-state index contributed by atoms with van der Waals surface area (Å²) in [5, 5.41) is 0.